The van der Waals surface area contributed by atoms with Gasteiger partial charge in [0.15, 0.2) is 11.9 Å². The zero-order valence-electron chi connectivity index (χ0n) is 11.3. The fraction of sp³-hybridized carbons (Fsp3) is 0.500. The third-order valence-corrected chi connectivity index (χ3v) is 3.64. The van der Waals surface area contributed by atoms with Crippen LogP contribution in [0.15, 0.2) is 17.1 Å². The number of hydrogen-bond acceptors (Lipinski definition) is 7. The van der Waals surface area contributed by atoms with Gasteiger partial charge in [0.25, 0.3) is 5.56 Å². The molecule has 21 heavy (non-hydrogen) atoms. The van der Waals surface area contributed by atoms with Gasteiger partial charge >= 0.3 is 0 Å². The van der Waals surface area contributed by atoms with Gasteiger partial charge in [-0.1, -0.05) is 0 Å². The van der Waals surface area contributed by atoms with Crippen molar-refractivity contribution in [2.45, 2.75) is 24.5 Å². The zero-order valence-corrected chi connectivity index (χ0v) is 11.3. The number of aromatic nitrogens is 3. The standard InChI is InChI=1S/C12H16N4O5/c1-20-8-7(18)6(4-17)21-11(8)16-3-2-5-9(16)14-12(13)15-10(5)19/h2-3,6-8,11,17-18H,4H2,1H3,(H3,13,14,15,19)/t6-,7-,8-,11-/m1/s1. The fourth-order valence-electron chi connectivity index (χ4n) is 2.61. The second-order valence-corrected chi connectivity index (χ2v) is 4.85. The van der Waals surface area contributed by atoms with E-state index in [1.54, 1.807) is 16.8 Å². The van der Waals surface area contributed by atoms with Crippen molar-refractivity contribution in [1.29, 1.82) is 0 Å². The van der Waals surface area contributed by atoms with Crippen molar-refractivity contribution in [3.63, 3.8) is 0 Å². The van der Waals surface area contributed by atoms with Crippen LogP contribution in [0, 0.1) is 0 Å². The number of aliphatic hydroxyl groups is 2. The highest BCUT2D eigenvalue weighted by Crippen LogP contribution is 2.33. The molecule has 1 saturated heterocycles. The highest BCUT2D eigenvalue weighted by atomic mass is 16.6. The quantitative estimate of drug-likeness (QED) is 0.545. The lowest BCUT2D eigenvalue weighted by Crippen LogP contribution is -2.34. The smallest absolute Gasteiger partial charge is 0.261 e. The number of ether oxygens (including phenoxy) is 2. The van der Waals surface area contributed by atoms with Gasteiger partial charge in [-0.15, -0.1) is 0 Å². The molecule has 114 valence electrons. The predicted molar refractivity (Wildman–Crippen MR) is 72.6 cm³/mol. The Morgan fingerprint density at radius 1 is 1.62 bits per heavy atom. The van der Waals surface area contributed by atoms with Crippen LogP contribution in [-0.4, -0.2) is 56.8 Å². The summed E-state index contributed by atoms with van der Waals surface area (Å²) in [4.78, 5) is 18.3. The number of nitrogens with one attached hydrogen (secondary N) is 1. The number of hydrogen-bond donors (Lipinski definition) is 4. The Labute approximate surface area is 118 Å². The molecule has 2 aromatic heterocycles. The van der Waals surface area contributed by atoms with E-state index in [1.807, 2.05) is 0 Å². The lowest BCUT2D eigenvalue weighted by molar-refractivity contribution is -0.0580. The van der Waals surface area contributed by atoms with Crippen molar-refractivity contribution in [3.8, 4) is 0 Å². The van der Waals surface area contributed by atoms with E-state index < -0.39 is 24.5 Å². The van der Waals surface area contributed by atoms with Crippen molar-refractivity contribution in [3.05, 3.63) is 22.6 Å². The van der Waals surface area contributed by atoms with Crippen LogP contribution in [0.3, 0.4) is 0 Å². The van der Waals surface area contributed by atoms with Crippen molar-refractivity contribution in [2.24, 2.45) is 0 Å². The third kappa shape index (κ3) is 2.10. The van der Waals surface area contributed by atoms with Crippen LogP contribution in [0.2, 0.25) is 0 Å². The van der Waals surface area contributed by atoms with Gasteiger partial charge in [0.05, 0.1) is 12.0 Å². The largest absolute Gasteiger partial charge is 0.394 e. The van der Waals surface area contributed by atoms with E-state index in [0.717, 1.165) is 0 Å². The molecule has 9 heteroatoms. The fourth-order valence-corrected chi connectivity index (χ4v) is 2.61. The lowest BCUT2D eigenvalue weighted by atomic mass is 10.1. The molecule has 0 aromatic carbocycles. The minimum atomic E-state index is -0.984. The van der Waals surface area contributed by atoms with Gasteiger partial charge in [0.1, 0.15) is 18.3 Å². The molecule has 5 N–H and O–H groups in total. The van der Waals surface area contributed by atoms with Gasteiger partial charge in [0, 0.05) is 13.3 Å². The van der Waals surface area contributed by atoms with Crippen molar-refractivity contribution < 1.29 is 19.7 Å². The minimum absolute atomic E-state index is 0.0151. The van der Waals surface area contributed by atoms with E-state index in [4.69, 9.17) is 15.2 Å². The highest BCUT2D eigenvalue weighted by molar-refractivity contribution is 5.76. The van der Waals surface area contributed by atoms with Gasteiger partial charge in [-0.05, 0) is 6.07 Å². The minimum Gasteiger partial charge on any atom is -0.394 e. The number of nitrogens with two attached hydrogens (primary N) is 1. The lowest BCUT2D eigenvalue weighted by Gasteiger charge is -2.20. The second kappa shape index (κ2) is 5.11. The van der Waals surface area contributed by atoms with Gasteiger partial charge in [-0.25, -0.2) is 0 Å². The van der Waals surface area contributed by atoms with Crippen molar-refractivity contribution >= 4 is 17.0 Å². The van der Waals surface area contributed by atoms with Crippen molar-refractivity contribution in [1.82, 2.24) is 14.5 Å². The number of anilines is 1. The average molecular weight is 296 g/mol. The number of aromatic amines is 1. The van der Waals surface area contributed by atoms with Crippen LogP contribution in [-0.2, 0) is 9.47 Å². The number of aliphatic hydroxyl groups excluding tert-OH is 2. The molecule has 0 amide bonds. The van der Waals surface area contributed by atoms with E-state index in [-0.39, 0.29) is 18.1 Å². The van der Waals surface area contributed by atoms with Gasteiger partial charge in [-0.2, -0.15) is 4.98 Å². The molecule has 0 radical (unpaired) electrons. The highest BCUT2D eigenvalue weighted by Gasteiger charge is 2.45. The monoisotopic (exact) mass is 296 g/mol. The average Bonchev–Trinajstić information content (AvgIpc) is 2.99. The van der Waals surface area contributed by atoms with Crippen LogP contribution in [0.25, 0.3) is 11.0 Å². The Hall–Kier alpha value is -1.94. The van der Waals surface area contributed by atoms with E-state index in [0.29, 0.717) is 11.0 Å². The molecule has 2 aromatic rings. The van der Waals surface area contributed by atoms with Crippen LogP contribution in [0.5, 0.6) is 0 Å². The molecule has 3 heterocycles. The SMILES string of the molecule is CO[C@@H]1[C@H](O)[C@@H](CO)O[C@H]1n1ccc2c(=O)[nH]c(N)nc21. The summed E-state index contributed by atoms with van der Waals surface area (Å²) in [7, 11) is 1.43. The number of H-pyrrole nitrogens is 1. The molecule has 3 rings (SSSR count). The van der Waals surface area contributed by atoms with Crippen LogP contribution >= 0.6 is 0 Å². The van der Waals surface area contributed by atoms with Crippen LogP contribution < -0.4 is 11.3 Å². The molecular formula is C12H16N4O5. The number of rotatable bonds is 3. The predicted octanol–water partition coefficient (Wildman–Crippen LogP) is -1.43. The Kier molecular flexibility index (Phi) is 3.41. The molecule has 9 nitrogen and oxygen atoms in total. The maximum atomic E-state index is 11.8. The van der Waals surface area contributed by atoms with E-state index in [2.05, 4.69) is 9.97 Å². The Morgan fingerprint density at radius 3 is 3.05 bits per heavy atom. The Bertz CT molecular complexity index is 711. The summed E-state index contributed by atoms with van der Waals surface area (Å²) < 4.78 is 12.4. The Balaban J connectivity index is 2.10. The number of nitrogens with zero attached hydrogens (tertiary/aromatic N) is 2. The van der Waals surface area contributed by atoms with Gasteiger partial charge in [0.2, 0.25) is 5.95 Å². The molecule has 0 unspecified atom stereocenters. The first-order valence-corrected chi connectivity index (χ1v) is 6.40. The summed E-state index contributed by atoms with van der Waals surface area (Å²) >= 11 is 0. The normalized spacial score (nSPS) is 29.3. The van der Waals surface area contributed by atoms with E-state index in [9.17, 15) is 15.0 Å². The van der Waals surface area contributed by atoms with E-state index in [1.165, 1.54) is 7.11 Å². The number of fused-ring (bicyclic) bond motifs is 1. The maximum Gasteiger partial charge on any atom is 0.261 e. The molecule has 0 saturated carbocycles. The van der Waals surface area contributed by atoms with Gasteiger partial charge < -0.3 is 30.0 Å². The first kappa shape index (κ1) is 14.0. The van der Waals surface area contributed by atoms with E-state index >= 15 is 0 Å². The Morgan fingerprint density at radius 2 is 2.38 bits per heavy atom. The zero-order chi connectivity index (χ0) is 15.1. The summed E-state index contributed by atoms with van der Waals surface area (Å²) in [6.07, 6.45) is -1.55. The molecule has 1 aliphatic heterocycles. The first-order chi connectivity index (χ1) is 10.1. The summed E-state index contributed by atoms with van der Waals surface area (Å²) in [6.45, 7) is -0.340. The topological polar surface area (TPSA) is 136 Å². The molecule has 4 atom stereocenters. The molecule has 0 aliphatic carbocycles. The van der Waals surface area contributed by atoms with Crippen molar-refractivity contribution in [2.75, 3.05) is 19.5 Å². The summed E-state index contributed by atoms with van der Waals surface area (Å²) in [5, 5.41) is 19.6. The molecular weight excluding hydrogens is 280 g/mol. The first-order valence-electron chi connectivity index (χ1n) is 6.40. The number of nitrogen functional groups attached to an aromatic ring is 1. The third-order valence-electron chi connectivity index (χ3n) is 3.64. The molecule has 0 spiro atoms. The number of methoxy groups -OCH3 is 1. The summed E-state index contributed by atoms with van der Waals surface area (Å²) in [5.74, 6) is -0.0151. The second-order valence-electron chi connectivity index (χ2n) is 4.85. The maximum absolute atomic E-state index is 11.8. The van der Waals surface area contributed by atoms with Gasteiger partial charge in [-0.3, -0.25) is 9.78 Å². The van der Waals surface area contributed by atoms with Crippen LogP contribution in [0.1, 0.15) is 6.23 Å². The molecule has 1 fully saturated rings. The summed E-state index contributed by atoms with van der Waals surface area (Å²) in [5.41, 5.74) is 5.53. The molecule has 1 aliphatic rings. The van der Waals surface area contributed by atoms with Crippen LogP contribution in [0.4, 0.5) is 5.95 Å². The summed E-state index contributed by atoms with van der Waals surface area (Å²) in [6, 6.07) is 1.58. The molecule has 0 bridgehead atoms.